The summed E-state index contributed by atoms with van der Waals surface area (Å²) in [5, 5.41) is 15.2. The molecule has 1 N–H and O–H groups in total. The van der Waals surface area contributed by atoms with Gasteiger partial charge in [-0.05, 0) is 50.5 Å². The smallest absolute Gasteiger partial charge is 0.280 e. The second kappa shape index (κ2) is 10.4. The van der Waals surface area contributed by atoms with E-state index in [9.17, 15) is 4.79 Å². The topological polar surface area (TPSA) is 95.7 Å². The Hall–Kier alpha value is -3.60. The highest BCUT2D eigenvalue weighted by atomic mass is 35.5. The van der Waals surface area contributed by atoms with E-state index >= 15 is 0 Å². The molecule has 0 spiro atoms. The van der Waals surface area contributed by atoms with Gasteiger partial charge in [-0.1, -0.05) is 11.6 Å². The standard InChI is InChI=1S/C26H29ClN6O4/c1-16-15-32(17-8-9-18(22(13-17)35-3)26(34)31(2)36-4)30-25(16)29-20-10-11-21-19(24(20)27)14-28-33(21)23-7-5-6-12-37-23/h8-11,13-15,23H,5-7,12H2,1-4H3,(H,29,30). The molecule has 1 amide bonds. The average molecular weight is 525 g/mol. The minimum Gasteiger partial charge on any atom is -0.496 e. The van der Waals surface area contributed by atoms with Crippen molar-refractivity contribution in [3.8, 4) is 11.4 Å². The van der Waals surface area contributed by atoms with Crippen LogP contribution in [0.2, 0.25) is 5.02 Å². The van der Waals surface area contributed by atoms with E-state index in [1.165, 1.54) is 14.2 Å². The van der Waals surface area contributed by atoms with E-state index in [0.29, 0.717) is 22.2 Å². The van der Waals surface area contributed by atoms with E-state index in [0.717, 1.165) is 58.8 Å². The van der Waals surface area contributed by atoms with Crippen LogP contribution in [0.5, 0.6) is 5.75 Å². The summed E-state index contributed by atoms with van der Waals surface area (Å²) < 4.78 is 15.0. The van der Waals surface area contributed by atoms with Gasteiger partial charge in [0.25, 0.3) is 5.91 Å². The normalized spacial score (nSPS) is 15.6. The van der Waals surface area contributed by atoms with Crippen LogP contribution >= 0.6 is 11.6 Å². The highest BCUT2D eigenvalue weighted by Crippen LogP contribution is 2.36. The van der Waals surface area contributed by atoms with Gasteiger partial charge >= 0.3 is 0 Å². The number of carbonyl (C=O) groups excluding carboxylic acids is 1. The summed E-state index contributed by atoms with van der Waals surface area (Å²) in [6.45, 7) is 2.70. The summed E-state index contributed by atoms with van der Waals surface area (Å²) >= 11 is 6.79. The molecule has 0 aliphatic carbocycles. The van der Waals surface area contributed by atoms with Gasteiger partial charge in [0.2, 0.25) is 0 Å². The molecule has 0 saturated carbocycles. The number of halogens is 1. The van der Waals surface area contributed by atoms with Crippen molar-refractivity contribution >= 4 is 39.9 Å². The molecule has 1 fully saturated rings. The highest BCUT2D eigenvalue weighted by molar-refractivity contribution is 6.38. The molecule has 11 heteroatoms. The molecule has 10 nitrogen and oxygen atoms in total. The first-order chi connectivity index (χ1) is 17.9. The van der Waals surface area contributed by atoms with Gasteiger partial charge < -0.3 is 14.8 Å². The molecule has 37 heavy (non-hydrogen) atoms. The predicted molar refractivity (Wildman–Crippen MR) is 141 cm³/mol. The fourth-order valence-electron chi connectivity index (χ4n) is 4.43. The van der Waals surface area contributed by atoms with E-state index in [1.807, 2.05) is 29.9 Å². The predicted octanol–water partition coefficient (Wildman–Crippen LogP) is 5.27. The molecule has 5 rings (SSSR count). The van der Waals surface area contributed by atoms with Crippen LogP contribution < -0.4 is 10.1 Å². The largest absolute Gasteiger partial charge is 0.496 e. The van der Waals surface area contributed by atoms with Crippen molar-refractivity contribution < 1.29 is 19.1 Å². The fourth-order valence-corrected chi connectivity index (χ4v) is 4.68. The number of hydroxylamine groups is 2. The lowest BCUT2D eigenvalue weighted by Gasteiger charge is -2.23. The zero-order valence-electron chi connectivity index (χ0n) is 21.2. The Morgan fingerprint density at radius 1 is 1.24 bits per heavy atom. The lowest BCUT2D eigenvalue weighted by molar-refractivity contribution is -0.0758. The van der Waals surface area contributed by atoms with Crippen LogP contribution in [0.15, 0.2) is 42.7 Å². The maximum atomic E-state index is 12.5. The molecule has 3 heterocycles. The van der Waals surface area contributed by atoms with Crippen LogP contribution in [-0.2, 0) is 9.57 Å². The highest BCUT2D eigenvalue weighted by Gasteiger charge is 2.21. The number of hydrogen-bond donors (Lipinski definition) is 1. The van der Waals surface area contributed by atoms with E-state index in [2.05, 4.69) is 10.4 Å². The number of aryl methyl sites for hydroxylation is 1. The molecule has 1 aliphatic heterocycles. The first-order valence-electron chi connectivity index (χ1n) is 12.0. The second-order valence-electron chi connectivity index (χ2n) is 8.87. The molecule has 1 saturated heterocycles. The SMILES string of the molecule is COc1cc(-n2cc(C)c(Nc3ccc4c(cnn4C4CCCCO4)c3Cl)n2)ccc1C(=O)N(C)OC. The van der Waals surface area contributed by atoms with Gasteiger partial charge in [0.15, 0.2) is 12.0 Å². The van der Waals surface area contributed by atoms with Gasteiger partial charge in [0.05, 0.1) is 47.9 Å². The Morgan fingerprint density at radius 3 is 2.81 bits per heavy atom. The van der Waals surface area contributed by atoms with Crippen LogP contribution in [-0.4, -0.2) is 58.4 Å². The molecule has 1 unspecified atom stereocenters. The molecule has 0 radical (unpaired) electrons. The Labute approximate surface area is 219 Å². The summed E-state index contributed by atoms with van der Waals surface area (Å²) in [5.41, 5.74) is 3.70. The summed E-state index contributed by atoms with van der Waals surface area (Å²) in [6, 6.07) is 9.18. The number of aromatic nitrogens is 4. The number of rotatable bonds is 7. The number of nitrogens with zero attached hydrogens (tertiary/aromatic N) is 5. The monoisotopic (exact) mass is 524 g/mol. The van der Waals surface area contributed by atoms with Gasteiger partial charge in [0.1, 0.15) is 5.75 Å². The number of benzene rings is 2. The maximum absolute atomic E-state index is 12.5. The zero-order valence-corrected chi connectivity index (χ0v) is 22.0. The molecule has 0 bridgehead atoms. The van der Waals surface area contributed by atoms with Crippen LogP contribution in [0.4, 0.5) is 11.5 Å². The number of amides is 1. The molecule has 4 aromatic rings. The van der Waals surface area contributed by atoms with Crippen molar-refractivity contribution in [1.29, 1.82) is 0 Å². The Morgan fingerprint density at radius 2 is 2.08 bits per heavy atom. The van der Waals surface area contributed by atoms with E-state index in [1.54, 1.807) is 36.1 Å². The first-order valence-corrected chi connectivity index (χ1v) is 12.4. The summed E-state index contributed by atoms with van der Waals surface area (Å²) in [4.78, 5) is 17.5. The summed E-state index contributed by atoms with van der Waals surface area (Å²) in [7, 11) is 4.49. The summed E-state index contributed by atoms with van der Waals surface area (Å²) in [6.07, 6.45) is 6.75. The molecule has 1 aliphatic rings. The zero-order chi connectivity index (χ0) is 26.1. The van der Waals surface area contributed by atoms with Crippen molar-refractivity contribution in [3.05, 3.63) is 58.9 Å². The van der Waals surface area contributed by atoms with Crippen molar-refractivity contribution in [1.82, 2.24) is 24.6 Å². The lowest BCUT2D eigenvalue weighted by Crippen LogP contribution is -2.25. The number of nitrogens with one attached hydrogen (secondary N) is 1. The van der Waals surface area contributed by atoms with E-state index < -0.39 is 0 Å². The van der Waals surface area contributed by atoms with Crippen LogP contribution in [0.3, 0.4) is 0 Å². The minimum absolute atomic E-state index is 0.0624. The second-order valence-corrected chi connectivity index (χ2v) is 9.25. The van der Waals surface area contributed by atoms with E-state index in [4.69, 9.17) is 31.0 Å². The maximum Gasteiger partial charge on any atom is 0.280 e. The number of fused-ring (bicyclic) bond motifs is 1. The van der Waals surface area contributed by atoms with Gasteiger partial charge in [-0.3, -0.25) is 9.63 Å². The number of methoxy groups -OCH3 is 1. The Balaban J connectivity index is 1.41. The number of carbonyl (C=O) groups is 1. The quantitative estimate of drug-likeness (QED) is 0.329. The molecule has 1 atom stereocenters. The Kier molecular flexibility index (Phi) is 7.05. The molecular weight excluding hydrogens is 496 g/mol. The third-order valence-corrected chi connectivity index (χ3v) is 6.94. The van der Waals surface area contributed by atoms with Gasteiger partial charge in [-0.25, -0.2) is 14.4 Å². The third kappa shape index (κ3) is 4.75. The molecule has 2 aromatic carbocycles. The molecule has 194 valence electrons. The van der Waals surface area contributed by atoms with Crippen molar-refractivity contribution in [3.63, 3.8) is 0 Å². The molecular formula is C26H29ClN6O4. The number of ether oxygens (including phenoxy) is 2. The van der Waals surface area contributed by atoms with Gasteiger partial charge in [0, 0.05) is 36.9 Å². The lowest BCUT2D eigenvalue weighted by atomic mass is 10.1. The number of anilines is 2. The van der Waals surface area contributed by atoms with Crippen LogP contribution in [0.1, 0.15) is 41.4 Å². The Bertz CT molecular complexity index is 1440. The fraction of sp³-hybridized carbons (Fsp3) is 0.346. The van der Waals surface area contributed by atoms with Crippen LogP contribution in [0.25, 0.3) is 16.6 Å². The third-order valence-electron chi connectivity index (χ3n) is 6.53. The van der Waals surface area contributed by atoms with Crippen molar-refractivity contribution in [2.45, 2.75) is 32.4 Å². The van der Waals surface area contributed by atoms with Crippen LogP contribution in [0, 0.1) is 6.92 Å². The van der Waals surface area contributed by atoms with E-state index in [-0.39, 0.29) is 12.1 Å². The minimum atomic E-state index is -0.312. The van der Waals surface area contributed by atoms with Crippen molar-refractivity contribution in [2.24, 2.45) is 0 Å². The summed E-state index contributed by atoms with van der Waals surface area (Å²) in [5.74, 6) is 0.761. The average Bonchev–Trinajstić information content (AvgIpc) is 3.53. The molecule has 2 aromatic heterocycles. The first kappa shape index (κ1) is 25.1. The number of hydrogen-bond acceptors (Lipinski definition) is 7. The van der Waals surface area contributed by atoms with Crippen molar-refractivity contribution in [2.75, 3.05) is 33.2 Å². The van der Waals surface area contributed by atoms with Gasteiger partial charge in [-0.15, -0.1) is 5.10 Å². The van der Waals surface area contributed by atoms with Gasteiger partial charge in [-0.2, -0.15) is 5.10 Å².